The van der Waals surface area contributed by atoms with E-state index in [0.717, 1.165) is 43.5 Å². The molecule has 3 aromatic rings. The van der Waals surface area contributed by atoms with E-state index in [1.807, 2.05) is 0 Å². The third-order valence-corrected chi connectivity index (χ3v) is 6.75. The Morgan fingerprint density at radius 3 is 2.66 bits per heavy atom. The molecule has 1 amide bonds. The second-order valence-corrected chi connectivity index (χ2v) is 8.93. The number of ether oxygens (including phenoxy) is 1. The van der Waals surface area contributed by atoms with Crippen molar-refractivity contribution in [3.63, 3.8) is 0 Å². The van der Waals surface area contributed by atoms with Crippen molar-refractivity contribution >= 4 is 17.3 Å². The second kappa shape index (κ2) is 9.27. The van der Waals surface area contributed by atoms with Gasteiger partial charge in [0.25, 0.3) is 5.91 Å². The summed E-state index contributed by atoms with van der Waals surface area (Å²) in [6.07, 6.45) is 6.39. The minimum atomic E-state index is -1.05. The number of carbonyl (C=O) groups excluding carboxylic acids is 1. The number of rotatable bonds is 4. The Morgan fingerprint density at radius 1 is 1.11 bits per heavy atom. The molecule has 0 spiro atoms. The highest BCUT2D eigenvalue weighted by molar-refractivity contribution is 6.06. The van der Waals surface area contributed by atoms with Gasteiger partial charge in [-0.1, -0.05) is 12.5 Å². The molecule has 5 N–H and O–H groups in total. The molecule has 5 rings (SSSR count). The highest BCUT2D eigenvalue weighted by Crippen LogP contribution is 2.43. The molecule has 2 aromatic heterocycles. The van der Waals surface area contributed by atoms with Crippen molar-refractivity contribution in [1.82, 2.24) is 9.97 Å². The van der Waals surface area contributed by atoms with E-state index in [1.54, 1.807) is 12.3 Å². The maximum absolute atomic E-state index is 14.6. The minimum Gasteiger partial charge on any atom is -0.397 e. The van der Waals surface area contributed by atoms with E-state index in [2.05, 4.69) is 15.3 Å². The van der Waals surface area contributed by atoms with Gasteiger partial charge in [0.1, 0.15) is 17.3 Å². The van der Waals surface area contributed by atoms with Crippen molar-refractivity contribution in [3.05, 3.63) is 71.4 Å². The summed E-state index contributed by atoms with van der Waals surface area (Å²) in [6.45, 7) is 0. The van der Waals surface area contributed by atoms with Gasteiger partial charge in [-0.15, -0.1) is 0 Å². The quantitative estimate of drug-likeness (QED) is 0.508. The third-order valence-electron chi connectivity index (χ3n) is 6.75. The van der Waals surface area contributed by atoms with Crippen LogP contribution in [0.1, 0.15) is 47.8 Å². The van der Waals surface area contributed by atoms with Crippen LogP contribution in [-0.2, 0) is 4.74 Å². The number of aromatic nitrogens is 2. The van der Waals surface area contributed by atoms with Gasteiger partial charge in [0.15, 0.2) is 11.5 Å². The number of nitrogens with two attached hydrogens (primary N) is 2. The number of amides is 1. The zero-order valence-electron chi connectivity index (χ0n) is 18.7. The first-order valence-corrected chi connectivity index (χ1v) is 11.4. The van der Waals surface area contributed by atoms with Crippen molar-refractivity contribution in [3.8, 4) is 11.3 Å². The molecule has 7 nitrogen and oxygen atoms in total. The van der Waals surface area contributed by atoms with Crippen LogP contribution in [0.4, 0.5) is 24.5 Å². The SMILES string of the molecule is Nc1cc(F)c(-c2c(F)cccc2F)nc1C(=O)Nc1cnccc1C1CC(N)C2CCCC2O1. The molecule has 2 aliphatic rings. The maximum atomic E-state index is 14.6. The molecule has 1 aromatic carbocycles. The highest BCUT2D eigenvalue weighted by Gasteiger charge is 2.40. The fraction of sp³-hybridized carbons (Fsp3) is 0.320. The summed E-state index contributed by atoms with van der Waals surface area (Å²) >= 11 is 0. The standard InChI is InChI=1S/C25H24F3N5O2/c26-14-4-2-5-15(27)22(14)23-16(28)9-18(30)24(33-23)25(34)32-19-11-31-8-7-13(19)21-10-17(29)12-3-1-6-20(12)35-21/h2,4-5,7-9,11-12,17,20-21H,1,3,6,10,29-30H2,(H,32,34). The summed E-state index contributed by atoms with van der Waals surface area (Å²) in [6, 6.07) is 5.63. The molecule has 1 saturated heterocycles. The molecule has 3 heterocycles. The van der Waals surface area contributed by atoms with Crippen LogP contribution in [0.15, 0.2) is 42.7 Å². The zero-order chi connectivity index (χ0) is 24.7. The molecular formula is C25H24F3N5O2. The molecule has 1 saturated carbocycles. The van der Waals surface area contributed by atoms with Crippen LogP contribution in [0.5, 0.6) is 0 Å². The zero-order valence-corrected chi connectivity index (χ0v) is 18.7. The number of fused-ring (bicyclic) bond motifs is 1. The van der Waals surface area contributed by atoms with Crippen LogP contribution in [0.2, 0.25) is 0 Å². The van der Waals surface area contributed by atoms with Crippen molar-refractivity contribution in [2.45, 2.75) is 43.9 Å². The monoisotopic (exact) mass is 483 g/mol. The number of benzene rings is 1. The number of halogens is 3. The van der Waals surface area contributed by atoms with Gasteiger partial charge in [0, 0.05) is 29.8 Å². The molecule has 0 radical (unpaired) electrons. The highest BCUT2D eigenvalue weighted by atomic mass is 19.1. The van der Waals surface area contributed by atoms with Crippen molar-refractivity contribution in [2.75, 3.05) is 11.1 Å². The Balaban J connectivity index is 1.45. The number of anilines is 2. The average molecular weight is 483 g/mol. The topological polar surface area (TPSA) is 116 Å². The molecular weight excluding hydrogens is 459 g/mol. The summed E-state index contributed by atoms with van der Waals surface area (Å²) < 4.78 is 49.4. The van der Waals surface area contributed by atoms with Crippen LogP contribution in [-0.4, -0.2) is 28.0 Å². The average Bonchev–Trinajstić information content (AvgIpc) is 3.30. The van der Waals surface area contributed by atoms with E-state index in [-0.39, 0.29) is 29.6 Å². The Bertz CT molecular complexity index is 1270. The molecule has 0 bridgehead atoms. The molecule has 4 atom stereocenters. The number of carbonyl (C=O) groups is 1. The number of pyridine rings is 2. The van der Waals surface area contributed by atoms with Gasteiger partial charge < -0.3 is 21.5 Å². The van der Waals surface area contributed by atoms with Crippen LogP contribution in [0.3, 0.4) is 0 Å². The molecule has 1 aliphatic heterocycles. The summed E-state index contributed by atoms with van der Waals surface area (Å²) in [5, 5.41) is 2.69. The lowest BCUT2D eigenvalue weighted by Gasteiger charge is -2.37. The maximum Gasteiger partial charge on any atom is 0.276 e. The minimum absolute atomic E-state index is 0.0226. The van der Waals surface area contributed by atoms with Gasteiger partial charge in [0.05, 0.1) is 35.3 Å². The molecule has 4 unspecified atom stereocenters. The summed E-state index contributed by atoms with van der Waals surface area (Å²) in [5.74, 6) is -3.54. The molecule has 182 valence electrons. The summed E-state index contributed by atoms with van der Waals surface area (Å²) in [4.78, 5) is 21.1. The van der Waals surface area contributed by atoms with Gasteiger partial charge in [-0.05, 0) is 37.5 Å². The first-order chi connectivity index (χ1) is 16.8. The number of nitrogens with one attached hydrogen (secondary N) is 1. The van der Waals surface area contributed by atoms with Crippen molar-refractivity contribution < 1.29 is 22.7 Å². The largest absolute Gasteiger partial charge is 0.397 e. The Morgan fingerprint density at radius 2 is 1.89 bits per heavy atom. The predicted molar refractivity (Wildman–Crippen MR) is 124 cm³/mol. The fourth-order valence-electron chi connectivity index (χ4n) is 5.06. The number of hydrogen-bond donors (Lipinski definition) is 3. The summed E-state index contributed by atoms with van der Waals surface area (Å²) in [7, 11) is 0. The lowest BCUT2D eigenvalue weighted by Crippen LogP contribution is -2.43. The lowest BCUT2D eigenvalue weighted by molar-refractivity contribution is -0.0800. The van der Waals surface area contributed by atoms with Gasteiger partial charge in [0.2, 0.25) is 0 Å². The van der Waals surface area contributed by atoms with Gasteiger partial charge >= 0.3 is 0 Å². The lowest BCUT2D eigenvalue weighted by atomic mass is 9.87. The van der Waals surface area contributed by atoms with Gasteiger partial charge in [-0.25, -0.2) is 18.2 Å². The normalized spacial score (nSPS) is 23.7. The molecule has 1 aliphatic carbocycles. The van der Waals surface area contributed by atoms with Gasteiger partial charge in [-0.3, -0.25) is 9.78 Å². The van der Waals surface area contributed by atoms with Crippen LogP contribution in [0.25, 0.3) is 11.3 Å². The van der Waals surface area contributed by atoms with Crippen molar-refractivity contribution in [1.29, 1.82) is 0 Å². The number of hydrogen-bond acceptors (Lipinski definition) is 6. The molecule has 2 fully saturated rings. The van der Waals surface area contributed by atoms with E-state index in [1.165, 1.54) is 6.20 Å². The molecule has 10 heteroatoms. The second-order valence-electron chi connectivity index (χ2n) is 8.93. The smallest absolute Gasteiger partial charge is 0.276 e. The van der Waals surface area contributed by atoms with E-state index in [4.69, 9.17) is 16.2 Å². The summed E-state index contributed by atoms with van der Waals surface area (Å²) in [5.41, 5.74) is 11.3. The van der Waals surface area contributed by atoms with Gasteiger partial charge in [-0.2, -0.15) is 0 Å². The first-order valence-electron chi connectivity index (χ1n) is 11.4. The number of nitrogen functional groups attached to an aromatic ring is 1. The van der Waals surface area contributed by atoms with Crippen LogP contribution in [0, 0.1) is 23.4 Å². The Labute approximate surface area is 199 Å². The number of nitrogens with zero attached hydrogens (tertiary/aromatic N) is 2. The van der Waals surface area contributed by atoms with E-state index in [9.17, 15) is 18.0 Å². The van der Waals surface area contributed by atoms with E-state index >= 15 is 0 Å². The molecule has 35 heavy (non-hydrogen) atoms. The Hall–Kier alpha value is -3.50. The van der Waals surface area contributed by atoms with Crippen molar-refractivity contribution in [2.24, 2.45) is 11.7 Å². The fourth-order valence-corrected chi connectivity index (χ4v) is 5.06. The van der Waals surface area contributed by atoms with Crippen LogP contribution >= 0.6 is 0 Å². The van der Waals surface area contributed by atoms with E-state index < -0.39 is 34.6 Å². The Kier molecular flexibility index (Phi) is 6.16. The predicted octanol–water partition coefficient (Wildman–Crippen LogP) is 4.35. The van der Waals surface area contributed by atoms with Crippen LogP contribution < -0.4 is 16.8 Å². The first kappa shape index (κ1) is 23.3. The van der Waals surface area contributed by atoms with E-state index in [0.29, 0.717) is 23.6 Å². The third kappa shape index (κ3) is 4.35.